The maximum atomic E-state index is 6.59. The molecule has 1 unspecified atom stereocenters. The van der Waals surface area contributed by atoms with E-state index in [1.807, 2.05) is 0 Å². The molecule has 0 aromatic heterocycles. The Kier molecular flexibility index (Phi) is 5.41. The third-order valence-electron chi connectivity index (χ3n) is 5.81. The third kappa shape index (κ3) is 3.73. The van der Waals surface area contributed by atoms with Crippen LogP contribution >= 0.6 is 0 Å². The summed E-state index contributed by atoms with van der Waals surface area (Å²) in [5.41, 5.74) is 0.0853. The minimum absolute atomic E-state index is 0.0808. The first-order valence-electron chi connectivity index (χ1n) is 7.72. The minimum Gasteiger partial charge on any atom is -0.412 e. The van der Waals surface area contributed by atoms with E-state index in [2.05, 4.69) is 80.8 Å². The summed E-state index contributed by atoms with van der Waals surface area (Å²) < 4.78 is 6.59. The lowest BCUT2D eigenvalue weighted by molar-refractivity contribution is -0.0468. The van der Waals surface area contributed by atoms with E-state index in [1.165, 1.54) is 6.42 Å². The zero-order valence-electron chi connectivity index (χ0n) is 15.6. The van der Waals surface area contributed by atoms with Crippen LogP contribution in [0.3, 0.4) is 0 Å². The summed E-state index contributed by atoms with van der Waals surface area (Å²) in [4.78, 5) is 0. The molecule has 19 heavy (non-hydrogen) atoms. The van der Waals surface area contributed by atoms with Crippen molar-refractivity contribution < 1.29 is 4.43 Å². The van der Waals surface area contributed by atoms with Crippen molar-refractivity contribution in [2.24, 2.45) is 5.41 Å². The first kappa shape index (κ1) is 19.4. The van der Waals surface area contributed by atoms with Crippen molar-refractivity contribution >= 4 is 16.4 Å². The van der Waals surface area contributed by atoms with Gasteiger partial charge in [-0.1, -0.05) is 53.8 Å². The van der Waals surface area contributed by atoms with E-state index in [0.717, 1.165) is 0 Å². The molecule has 0 aromatic rings. The molecule has 0 aliphatic carbocycles. The number of hydrogen-bond acceptors (Lipinski definition) is 1. The topological polar surface area (TPSA) is 9.23 Å². The van der Waals surface area contributed by atoms with E-state index in [0.29, 0.717) is 5.04 Å². The molecule has 1 atom stereocenters. The van der Waals surface area contributed by atoms with Gasteiger partial charge < -0.3 is 4.43 Å². The highest BCUT2D eigenvalue weighted by molar-refractivity contribution is 6.79. The van der Waals surface area contributed by atoms with Crippen LogP contribution in [0, 0.1) is 5.41 Å². The molecule has 0 fully saturated rings. The van der Waals surface area contributed by atoms with Gasteiger partial charge in [0.15, 0.2) is 8.32 Å². The first-order chi connectivity index (χ1) is 8.02. The molecule has 0 aromatic carbocycles. The van der Waals surface area contributed by atoms with Gasteiger partial charge in [-0.05, 0) is 43.9 Å². The highest BCUT2D eigenvalue weighted by Gasteiger charge is 2.56. The maximum Gasteiger partial charge on any atom is 0.184 e. The van der Waals surface area contributed by atoms with E-state index in [4.69, 9.17) is 4.43 Å². The second-order valence-corrected chi connectivity index (χ2v) is 19.3. The van der Waals surface area contributed by atoms with Crippen molar-refractivity contribution in [2.75, 3.05) is 0 Å². The van der Waals surface area contributed by atoms with Crippen molar-refractivity contribution in [3.05, 3.63) is 0 Å². The molecule has 0 spiro atoms. The molecule has 1 nitrogen and oxygen atoms in total. The highest BCUT2D eigenvalue weighted by Crippen LogP contribution is 2.60. The van der Waals surface area contributed by atoms with Gasteiger partial charge in [-0.25, -0.2) is 0 Å². The van der Waals surface area contributed by atoms with E-state index < -0.39 is 16.4 Å². The largest absolute Gasteiger partial charge is 0.412 e. The van der Waals surface area contributed by atoms with Crippen LogP contribution in [0.25, 0.3) is 0 Å². The molecular formula is C16H38OSi2. The van der Waals surface area contributed by atoms with Gasteiger partial charge in [-0.3, -0.25) is 0 Å². The van der Waals surface area contributed by atoms with Gasteiger partial charge in [0.25, 0.3) is 0 Å². The lowest BCUT2D eigenvalue weighted by Gasteiger charge is -2.59. The molecule has 0 saturated heterocycles. The molecule has 0 heterocycles. The quantitative estimate of drug-likeness (QED) is 0.535. The Morgan fingerprint density at radius 1 is 0.789 bits per heavy atom. The monoisotopic (exact) mass is 302 g/mol. The summed E-state index contributed by atoms with van der Waals surface area (Å²) in [7, 11) is -2.83. The highest BCUT2D eigenvalue weighted by atomic mass is 28.4. The Labute approximate surface area is 124 Å². The molecule has 0 N–H and O–H groups in total. The van der Waals surface area contributed by atoms with Crippen LogP contribution in [0.5, 0.6) is 0 Å². The molecule has 0 aliphatic rings. The molecule has 0 rings (SSSR count). The lowest BCUT2D eigenvalue weighted by Crippen LogP contribution is -2.58. The van der Waals surface area contributed by atoms with Gasteiger partial charge in [-0.2, -0.15) is 0 Å². The molecule has 0 amide bonds. The lowest BCUT2D eigenvalue weighted by atomic mass is 9.67. The number of rotatable bonds is 6. The fourth-order valence-electron chi connectivity index (χ4n) is 3.47. The zero-order valence-corrected chi connectivity index (χ0v) is 17.6. The summed E-state index contributed by atoms with van der Waals surface area (Å²) in [5, 5.41) is 0.364. The Hall–Kier alpha value is 0.394. The number of hydrogen-bond donors (Lipinski definition) is 0. The minimum atomic E-state index is -1.54. The van der Waals surface area contributed by atoms with Crippen LogP contribution in [0.2, 0.25) is 44.3 Å². The van der Waals surface area contributed by atoms with Gasteiger partial charge in [-0.15, -0.1) is 0 Å². The third-order valence-corrected chi connectivity index (χ3v) is 11.2. The normalized spacial score (nSPS) is 18.3. The zero-order chi connectivity index (χ0) is 15.9. The Balaban J connectivity index is 5.69. The van der Waals surface area contributed by atoms with Crippen LogP contribution in [0.1, 0.15) is 48.0 Å². The predicted octanol–water partition coefficient (Wildman–Crippen LogP) is 6.15. The summed E-state index contributed by atoms with van der Waals surface area (Å²) in [5.74, 6) is 0. The SMILES string of the molecule is CCC(C)(C(C)(C)C(C)(C)O[Si](C)(C)C)[Si](C)(C)C. The van der Waals surface area contributed by atoms with Gasteiger partial charge in [0, 0.05) is 0 Å². The van der Waals surface area contributed by atoms with Gasteiger partial charge in [0.1, 0.15) is 0 Å². The molecular weight excluding hydrogens is 264 g/mol. The van der Waals surface area contributed by atoms with Gasteiger partial charge in [0.05, 0.1) is 13.7 Å². The van der Waals surface area contributed by atoms with Crippen molar-refractivity contribution in [2.45, 2.75) is 97.9 Å². The van der Waals surface area contributed by atoms with Crippen molar-refractivity contribution in [1.29, 1.82) is 0 Å². The summed E-state index contributed by atoms with van der Waals surface area (Å²) in [6, 6.07) is 0. The summed E-state index contributed by atoms with van der Waals surface area (Å²) in [6.45, 7) is 28.7. The standard InChI is InChI=1S/C16H38OSi2/c1-13-16(6,18(7,8)9)14(2,3)15(4,5)17-19(10,11)12/h13H2,1-12H3. The molecule has 0 aliphatic heterocycles. The smallest absolute Gasteiger partial charge is 0.184 e. The average molecular weight is 303 g/mol. The summed E-state index contributed by atoms with van der Waals surface area (Å²) in [6.07, 6.45) is 1.23. The molecule has 116 valence electrons. The molecule has 0 bridgehead atoms. The molecule has 0 radical (unpaired) electrons. The van der Waals surface area contributed by atoms with E-state index in [-0.39, 0.29) is 11.0 Å². The fraction of sp³-hybridized carbons (Fsp3) is 1.00. The molecule has 3 heteroatoms. The Morgan fingerprint density at radius 2 is 1.16 bits per heavy atom. The summed E-state index contributed by atoms with van der Waals surface area (Å²) >= 11 is 0. The van der Waals surface area contributed by atoms with Gasteiger partial charge in [0.2, 0.25) is 0 Å². The van der Waals surface area contributed by atoms with Gasteiger partial charge >= 0.3 is 0 Å². The maximum absolute atomic E-state index is 6.59. The van der Waals surface area contributed by atoms with Crippen LogP contribution in [0.4, 0.5) is 0 Å². The Morgan fingerprint density at radius 3 is 1.37 bits per heavy atom. The van der Waals surface area contributed by atoms with Crippen LogP contribution in [-0.2, 0) is 4.43 Å². The second kappa shape index (κ2) is 5.30. The fourth-order valence-corrected chi connectivity index (χ4v) is 8.49. The first-order valence-corrected chi connectivity index (χ1v) is 14.6. The molecule has 0 saturated carbocycles. The van der Waals surface area contributed by atoms with Crippen molar-refractivity contribution in [3.8, 4) is 0 Å². The predicted molar refractivity (Wildman–Crippen MR) is 94.3 cm³/mol. The van der Waals surface area contributed by atoms with Crippen LogP contribution < -0.4 is 0 Å². The van der Waals surface area contributed by atoms with Crippen LogP contribution in [-0.4, -0.2) is 22.0 Å². The Bertz CT molecular complexity index is 308. The average Bonchev–Trinajstić information content (AvgIpc) is 2.10. The van der Waals surface area contributed by atoms with Crippen molar-refractivity contribution in [1.82, 2.24) is 0 Å². The van der Waals surface area contributed by atoms with Crippen LogP contribution in [0.15, 0.2) is 0 Å². The van der Waals surface area contributed by atoms with Crippen molar-refractivity contribution in [3.63, 3.8) is 0 Å². The van der Waals surface area contributed by atoms with E-state index in [9.17, 15) is 0 Å². The van der Waals surface area contributed by atoms with E-state index >= 15 is 0 Å². The second-order valence-electron chi connectivity index (χ2n) is 9.29. The van der Waals surface area contributed by atoms with E-state index in [1.54, 1.807) is 0 Å².